The Labute approximate surface area is 116 Å². The predicted octanol–water partition coefficient (Wildman–Crippen LogP) is 4.32. The molecular weight excluding hydrogens is 237 g/mol. The number of hydrogen-bond acceptors (Lipinski definition) is 1. The van der Waals surface area contributed by atoms with E-state index in [2.05, 4.69) is 19.2 Å². The minimum absolute atomic E-state index is 0.131. The number of hydrogen-bond donors (Lipinski definition) is 1. The molecule has 1 aromatic rings. The van der Waals surface area contributed by atoms with Crippen LogP contribution in [-0.2, 0) is 6.42 Å². The van der Waals surface area contributed by atoms with Crippen LogP contribution in [0.2, 0.25) is 0 Å². The Morgan fingerprint density at radius 2 is 2.00 bits per heavy atom. The van der Waals surface area contributed by atoms with Crippen LogP contribution in [0.4, 0.5) is 4.39 Å². The van der Waals surface area contributed by atoms with Gasteiger partial charge in [-0.3, -0.25) is 0 Å². The van der Waals surface area contributed by atoms with Gasteiger partial charge in [0, 0.05) is 12.1 Å². The highest BCUT2D eigenvalue weighted by Crippen LogP contribution is 2.26. The van der Waals surface area contributed by atoms with Crippen LogP contribution in [0.3, 0.4) is 0 Å². The average molecular weight is 263 g/mol. The maximum atomic E-state index is 13.1. The second-order valence-corrected chi connectivity index (χ2v) is 6.03. The highest BCUT2D eigenvalue weighted by Gasteiger charge is 2.20. The summed E-state index contributed by atoms with van der Waals surface area (Å²) in [5.74, 6) is 0.810. The highest BCUT2D eigenvalue weighted by atomic mass is 19.1. The Hall–Kier alpha value is -0.890. The second kappa shape index (κ2) is 7.04. The predicted molar refractivity (Wildman–Crippen MR) is 78.7 cm³/mol. The highest BCUT2D eigenvalue weighted by molar-refractivity contribution is 5.17. The molecule has 1 atom stereocenters. The maximum absolute atomic E-state index is 13.1. The Bertz CT molecular complexity index is 383. The molecule has 1 saturated carbocycles. The molecular formula is C17H26FN. The third-order valence-electron chi connectivity index (χ3n) is 4.38. The van der Waals surface area contributed by atoms with Crippen molar-refractivity contribution in [2.24, 2.45) is 5.92 Å². The molecule has 0 spiro atoms. The zero-order valence-electron chi connectivity index (χ0n) is 12.2. The first-order valence-corrected chi connectivity index (χ1v) is 7.68. The Morgan fingerprint density at radius 1 is 1.26 bits per heavy atom. The van der Waals surface area contributed by atoms with Crippen LogP contribution >= 0.6 is 0 Å². The molecule has 0 heterocycles. The summed E-state index contributed by atoms with van der Waals surface area (Å²) >= 11 is 0. The summed E-state index contributed by atoms with van der Waals surface area (Å²) in [6.07, 6.45) is 7.55. The van der Waals surface area contributed by atoms with Gasteiger partial charge in [0.25, 0.3) is 0 Å². The van der Waals surface area contributed by atoms with Gasteiger partial charge in [0.1, 0.15) is 5.82 Å². The van der Waals surface area contributed by atoms with Crippen LogP contribution < -0.4 is 5.32 Å². The molecule has 0 saturated heterocycles. The van der Waals surface area contributed by atoms with E-state index in [9.17, 15) is 4.39 Å². The van der Waals surface area contributed by atoms with Crippen molar-refractivity contribution in [1.82, 2.24) is 5.32 Å². The molecule has 106 valence electrons. The second-order valence-electron chi connectivity index (χ2n) is 6.03. The molecule has 1 nitrogen and oxygen atoms in total. The molecule has 1 aliphatic rings. The molecule has 2 heteroatoms. The van der Waals surface area contributed by atoms with Crippen molar-refractivity contribution >= 4 is 0 Å². The van der Waals surface area contributed by atoms with Crippen molar-refractivity contribution in [3.63, 3.8) is 0 Å². The quantitative estimate of drug-likeness (QED) is 0.834. The van der Waals surface area contributed by atoms with Crippen molar-refractivity contribution in [2.45, 2.75) is 64.5 Å². The summed E-state index contributed by atoms with van der Waals surface area (Å²) < 4.78 is 13.1. The number of nitrogens with one attached hydrogen (secondary N) is 1. The molecule has 0 bridgehead atoms. The molecule has 1 unspecified atom stereocenters. The van der Waals surface area contributed by atoms with E-state index in [4.69, 9.17) is 0 Å². The van der Waals surface area contributed by atoms with Gasteiger partial charge in [0.05, 0.1) is 0 Å². The van der Waals surface area contributed by atoms with Gasteiger partial charge in [0.2, 0.25) is 0 Å². The number of halogens is 1. The molecule has 19 heavy (non-hydrogen) atoms. The van der Waals surface area contributed by atoms with E-state index in [1.807, 2.05) is 6.07 Å². The smallest absolute Gasteiger partial charge is 0.123 e. The zero-order valence-corrected chi connectivity index (χ0v) is 12.2. The van der Waals surface area contributed by atoms with E-state index >= 15 is 0 Å². The zero-order chi connectivity index (χ0) is 13.7. The summed E-state index contributed by atoms with van der Waals surface area (Å²) in [4.78, 5) is 0. The fourth-order valence-electron chi connectivity index (χ4n) is 3.22. The van der Waals surface area contributed by atoms with E-state index in [0.717, 1.165) is 17.9 Å². The molecule has 1 aromatic carbocycles. The van der Waals surface area contributed by atoms with E-state index < -0.39 is 0 Å². The Kier molecular flexibility index (Phi) is 5.38. The fourth-order valence-corrected chi connectivity index (χ4v) is 3.22. The summed E-state index contributed by atoms with van der Waals surface area (Å²) in [5, 5.41) is 3.71. The van der Waals surface area contributed by atoms with Crippen molar-refractivity contribution in [1.29, 1.82) is 0 Å². The van der Waals surface area contributed by atoms with Gasteiger partial charge in [-0.2, -0.15) is 0 Å². The van der Waals surface area contributed by atoms with Gasteiger partial charge >= 0.3 is 0 Å². The molecule has 1 fully saturated rings. The topological polar surface area (TPSA) is 12.0 Å². The van der Waals surface area contributed by atoms with Gasteiger partial charge in [-0.05, 0) is 62.6 Å². The van der Waals surface area contributed by atoms with Crippen LogP contribution in [0, 0.1) is 11.7 Å². The summed E-state index contributed by atoms with van der Waals surface area (Å²) in [5.41, 5.74) is 1.09. The molecule has 0 aromatic heterocycles. The average Bonchev–Trinajstić information content (AvgIpc) is 2.39. The lowest BCUT2D eigenvalue weighted by molar-refractivity contribution is 0.272. The van der Waals surface area contributed by atoms with Gasteiger partial charge < -0.3 is 5.32 Å². The summed E-state index contributed by atoms with van der Waals surface area (Å²) in [6.45, 7) is 4.50. The van der Waals surface area contributed by atoms with E-state index in [1.54, 1.807) is 12.1 Å². The first-order chi connectivity index (χ1) is 9.17. The van der Waals surface area contributed by atoms with Crippen LogP contribution in [0.25, 0.3) is 0 Å². The lowest BCUT2D eigenvalue weighted by Crippen LogP contribution is -2.40. The lowest BCUT2D eigenvalue weighted by atomic mass is 9.84. The Balaban J connectivity index is 1.77. The van der Waals surface area contributed by atoms with Crippen molar-refractivity contribution in [3.8, 4) is 0 Å². The van der Waals surface area contributed by atoms with E-state index in [0.29, 0.717) is 12.1 Å². The minimum Gasteiger partial charge on any atom is -0.311 e. The van der Waals surface area contributed by atoms with E-state index in [1.165, 1.54) is 38.2 Å². The first-order valence-electron chi connectivity index (χ1n) is 7.68. The van der Waals surface area contributed by atoms with Crippen molar-refractivity contribution < 1.29 is 4.39 Å². The van der Waals surface area contributed by atoms with Crippen LogP contribution in [-0.4, -0.2) is 12.1 Å². The van der Waals surface area contributed by atoms with Crippen molar-refractivity contribution in [2.75, 3.05) is 0 Å². The number of rotatable bonds is 5. The van der Waals surface area contributed by atoms with Crippen LogP contribution in [0.15, 0.2) is 24.3 Å². The third kappa shape index (κ3) is 4.61. The van der Waals surface area contributed by atoms with Gasteiger partial charge in [-0.15, -0.1) is 0 Å². The lowest BCUT2D eigenvalue weighted by Gasteiger charge is -2.30. The van der Waals surface area contributed by atoms with Gasteiger partial charge in [-0.25, -0.2) is 4.39 Å². The number of benzene rings is 1. The molecule has 0 amide bonds. The normalized spacial score (nSPS) is 25.2. The standard InChI is InChI=1S/C17H26FN/c1-3-14-7-9-17(10-8-14)19-13(2)11-15-5-4-6-16(18)12-15/h4-6,12-14,17,19H,3,7-11H2,1-2H3. The van der Waals surface area contributed by atoms with Crippen molar-refractivity contribution in [3.05, 3.63) is 35.6 Å². The minimum atomic E-state index is -0.131. The largest absolute Gasteiger partial charge is 0.311 e. The molecule has 0 aliphatic heterocycles. The molecule has 2 rings (SSSR count). The SMILES string of the molecule is CCC1CCC(NC(C)Cc2cccc(F)c2)CC1. The summed E-state index contributed by atoms with van der Waals surface area (Å²) in [6, 6.07) is 8.04. The summed E-state index contributed by atoms with van der Waals surface area (Å²) in [7, 11) is 0. The first kappa shape index (κ1) is 14.5. The fraction of sp³-hybridized carbons (Fsp3) is 0.647. The van der Waals surface area contributed by atoms with Gasteiger partial charge in [-0.1, -0.05) is 25.5 Å². The molecule has 1 N–H and O–H groups in total. The molecule has 1 aliphatic carbocycles. The monoisotopic (exact) mass is 263 g/mol. The third-order valence-corrected chi connectivity index (χ3v) is 4.38. The van der Waals surface area contributed by atoms with Gasteiger partial charge in [0.15, 0.2) is 0 Å². The van der Waals surface area contributed by atoms with Crippen LogP contribution in [0.5, 0.6) is 0 Å². The Morgan fingerprint density at radius 3 is 2.63 bits per heavy atom. The molecule has 0 radical (unpaired) electrons. The van der Waals surface area contributed by atoms with E-state index in [-0.39, 0.29) is 5.82 Å². The maximum Gasteiger partial charge on any atom is 0.123 e. The van der Waals surface area contributed by atoms with Crippen LogP contribution in [0.1, 0.15) is 51.5 Å².